The van der Waals surface area contributed by atoms with E-state index >= 15 is 0 Å². The van der Waals surface area contributed by atoms with Gasteiger partial charge in [0.2, 0.25) is 0 Å². The number of nitrogens with zero attached hydrogens (tertiary/aromatic N) is 1. The zero-order chi connectivity index (χ0) is 23.7. The second kappa shape index (κ2) is 10.0. The lowest BCUT2D eigenvalue weighted by atomic mass is 9.77. The number of hydrogen-bond donors (Lipinski definition) is 2. The molecule has 3 unspecified atom stereocenters. The van der Waals surface area contributed by atoms with Crippen molar-refractivity contribution in [2.75, 3.05) is 31.1 Å². The van der Waals surface area contributed by atoms with Crippen molar-refractivity contribution in [1.29, 1.82) is 0 Å². The van der Waals surface area contributed by atoms with Gasteiger partial charge in [0.25, 0.3) is 0 Å². The van der Waals surface area contributed by atoms with Gasteiger partial charge in [-0.05, 0) is 110 Å². The highest BCUT2D eigenvalue weighted by Crippen LogP contribution is 2.36. The first-order valence-electron chi connectivity index (χ1n) is 13.8. The van der Waals surface area contributed by atoms with Gasteiger partial charge in [-0.25, -0.2) is 0 Å². The van der Waals surface area contributed by atoms with E-state index in [0.717, 1.165) is 32.1 Å². The molecule has 0 spiro atoms. The average molecular weight is 460 g/mol. The highest BCUT2D eigenvalue weighted by molar-refractivity contribution is 5.50. The molecule has 2 N–H and O–H groups in total. The van der Waals surface area contributed by atoms with Gasteiger partial charge in [-0.1, -0.05) is 51.1 Å². The number of anilines is 1. The average Bonchev–Trinajstić information content (AvgIpc) is 3.20. The van der Waals surface area contributed by atoms with Crippen LogP contribution < -0.4 is 15.5 Å². The fraction of sp³-hybridized carbons (Fsp3) is 0.613. The quantitative estimate of drug-likeness (QED) is 0.511. The van der Waals surface area contributed by atoms with Gasteiger partial charge in [0.1, 0.15) is 0 Å². The Morgan fingerprint density at radius 3 is 2.26 bits per heavy atom. The second-order valence-electron chi connectivity index (χ2n) is 12.1. The Balaban J connectivity index is 1.19. The molecule has 0 radical (unpaired) electrons. The zero-order valence-corrected chi connectivity index (χ0v) is 21.9. The summed E-state index contributed by atoms with van der Waals surface area (Å²) in [6, 6.07) is 18.2. The van der Waals surface area contributed by atoms with E-state index in [1.54, 1.807) is 5.56 Å². The molecule has 3 heteroatoms. The monoisotopic (exact) mass is 459 g/mol. The Morgan fingerprint density at radius 1 is 0.941 bits per heavy atom. The number of benzene rings is 2. The van der Waals surface area contributed by atoms with Crippen molar-refractivity contribution in [3.63, 3.8) is 0 Å². The molecule has 2 aromatic carbocycles. The molecule has 3 atom stereocenters. The van der Waals surface area contributed by atoms with Crippen molar-refractivity contribution in [2.24, 2.45) is 0 Å². The number of rotatable bonds is 7. The standard InChI is InChI=1S/C31H45N3/c1-22(25-5-12-30(23(2)19-25)24-14-17-32-18-15-24)13-16-31(3,4)26-6-10-29(11-7-26)34-20-27-8-9-28(21-34)33-27/h5-7,10-12,19,22,24,27-28,32-33H,8-9,13-18,20-21H2,1-4H3. The largest absolute Gasteiger partial charge is 0.368 e. The molecule has 0 aromatic heterocycles. The van der Waals surface area contributed by atoms with Crippen LogP contribution in [0.25, 0.3) is 0 Å². The molecule has 2 aromatic rings. The maximum atomic E-state index is 3.75. The fourth-order valence-electron chi connectivity index (χ4n) is 6.62. The van der Waals surface area contributed by atoms with E-state index < -0.39 is 0 Å². The van der Waals surface area contributed by atoms with Crippen LogP contribution in [-0.4, -0.2) is 38.3 Å². The summed E-state index contributed by atoms with van der Waals surface area (Å²) in [7, 11) is 0. The van der Waals surface area contributed by atoms with Crippen molar-refractivity contribution in [2.45, 2.75) is 95.6 Å². The predicted molar refractivity (Wildman–Crippen MR) is 145 cm³/mol. The van der Waals surface area contributed by atoms with Crippen molar-refractivity contribution >= 4 is 5.69 Å². The summed E-state index contributed by atoms with van der Waals surface area (Å²) in [5.41, 5.74) is 7.64. The molecule has 3 saturated heterocycles. The molecule has 0 saturated carbocycles. The molecule has 3 aliphatic heterocycles. The summed E-state index contributed by atoms with van der Waals surface area (Å²) >= 11 is 0. The van der Waals surface area contributed by atoms with Crippen LogP contribution in [0.2, 0.25) is 0 Å². The molecule has 3 fully saturated rings. The Morgan fingerprint density at radius 2 is 1.62 bits per heavy atom. The maximum absolute atomic E-state index is 3.75. The smallest absolute Gasteiger partial charge is 0.0367 e. The zero-order valence-electron chi connectivity index (χ0n) is 21.9. The van der Waals surface area contributed by atoms with Gasteiger partial charge in [-0.15, -0.1) is 0 Å². The number of piperazine rings is 1. The lowest BCUT2D eigenvalue weighted by Gasteiger charge is -2.35. The van der Waals surface area contributed by atoms with E-state index in [-0.39, 0.29) is 5.41 Å². The van der Waals surface area contributed by atoms with Crippen molar-refractivity contribution in [1.82, 2.24) is 10.6 Å². The normalized spacial score (nSPS) is 24.4. The molecule has 2 bridgehead atoms. The third kappa shape index (κ3) is 5.21. The molecule has 3 nitrogen and oxygen atoms in total. The predicted octanol–water partition coefficient (Wildman–Crippen LogP) is 6.26. The summed E-state index contributed by atoms with van der Waals surface area (Å²) in [5.74, 6) is 1.33. The van der Waals surface area contributed by atoms with Crippen molar-refractivity contribution in [3.05, 3.63) is 64.7 Å². The topological polar surface area (TPSA) is 27.3 Å². The van der Waals surface area contributed by atoms with Gasteiger partial charge < -0.3 is 15.5 Å². The lowest BCUT2D eigenvalue weighted by Crippen LogP contribution is -2.51. The van der Waals surface area contributed by atoms with Crippen LogP contribution >= 0.6 is 0 Å². The fourth-order valence-corrected chi connectivity index (χ4v) is 6.62. The molecule has 0 amide bonds. The lowest BCUT2D eigenvalue weighted by molar-refractivity contribution is 0.438. The van der Waals surface area contributed by atoms with Gasteiger partial charge in [-0.3, -0.25) is 0 Å². The number of hydrogen-bond acceptors (Lipinski definition) is 3. The third-order valence-corrected chi connectivity index (χ3v) is 9.07. The van der Waals surface area contributed by atoms with E-state index in [2.05, 4.69) is 85.7 Å². The van der Waals surface area contributed by atoms with Gasteiger partial charge in [-0.2, -0.15) is 0 Å². The minimum atomic E-state index is 0.194. The van der Waals surface area contributed by atoms with Crippen LogP contribution in [0.5, 0.6) is 0 Å². The Kier molecular flexibility index (Phi) is 7.04. The maximum Gasteiger partial charge on any atom is 0.0367 e. The highest BCUT2D eigenvalue weighted by atomic mass is 15.2. The molecule has 34 heavy (non-hydrogen) atoms. The van der Waals surface area contributed by atoms with Crippen molar-refractivity contribution in [3.8, 4) is 0 Å². The van der Waals surface area contributed by atoms with E-state index in [1.165, 1.54) is 60.9 Å². The molecular formula is C31H45N3. The first-order chi connectivity index (χ1) is 16.4. The highest BCUT2D eigenvalue weighted by Gasteiger charge is 2.32. The van der Waals surface area contributed by atoms with E-state index in [0.29, 0.717) is 18.0 Å². The molecule has 3 aliphatic rings. The van der Waals surface area contributed by atoms with Gasteiger partial charge in [0.05, 0.1) is 0 Å². The summed E-state index contributed by atoms with van der Waals surface area (Å²) in [5, 5.41) is 7.24. The van der Waals surface area contributed by atoms with Crippen LogP contribution in [-0.2, 0) is 5.41 Å². The number of nitrogens with one attached hydrogen (secondary N) is 2. The number of piperidine rings is 1. The van der Waals surface area contributed by atoms with Crippen LogP contribution in [0.1, 0.15) is 93.4 Å². The minimum Gasteiger partial charge on any atom is -0.368 e. The summed E-state index contributed by atoms with van der Waals surface area (Å²) in [4.78, 5) is 2.59. The van der Waals surface area contributed by atoms with Crippen LogP contribution in [0, 0.1) is 6.92 Å². The first-order valence-corrected chi connectivity index (χ1v) is 13.8. The molecular weight excluding hydrogens is 414 g/mol. The van der Waals surface area contributed by atoms with Crippen LogP contribution in [0.3, 0.4) is 0 Å². The molecule has 184 valence electrons. The van der Waals surface area contributed by atoms with Gasteiger partial charge in [0.15, 0.2) is 0 Å². The Hall–Kier alpha value is -1.84. The SMILES string of the molecule is Cc1cc(C(C)CCC(C)(C)c2ccc(N3CC4CCC(C3)N4)cc2)ccc1C1CCNCC1. The summed E-state index contributed by atoms with van der Waals surface area (Å²) < 4.78 is 0. The molecule has 5 rings (SSSR count). The minimum absolute atomic E-state index is 0.194. The van der Waals surface area contributed by atoms with Gasteiger partial charge >= 0.3 is 0 Å². The van der Waals surface area contributed by atoms with Crippen LogP contribution in [0.15, 0.2) is 42.5 Å². The van der Waals surface area contributed by atoms with Crippen molar-refractivity contribution < 1.29 is 0 Å². The number of aryl methyl sites for hydroxylation is 1. The summed E-state index contributed by atoms with van der Waals surface area (Å²) in [6.07, 6.45) is 7.66. The number of fused-ring (bicyclic) bond motifs is 2. The van der Waals surface area contributed by atoms with Gasteiger partial charge in [0, 0.05) is 30.9 Å². The van der Waals surface area contributed by atoms with E-state index in [9.17, 15) is 0 Å². The van der Waals surface area contributed by atoms with E-state index in [4.69, 9.17) is 0 Å². The molecule has 3 heterocycles. The second-order valence-corrected chi connectivity index (χ2v) is 12.1. The van der Waals surface area contributed by atoms with E-state index in [1.807, 2.05) is 0 Å². The summed E-state index contributed by atoms with van der Waals surface area (Å²) in [6.45, 7) is 14.2. The van der Waals surface area contributed by atoms with Crippen LogP contribution in [0.4, 0.5) is 5.69 Å². The first kappa shape index (κ1) is 23.9. The molecule has 0 aliphatic carbocycles. The third-order valence-electron chi connectivity index (χ3n) is 9.07. The Labute approximate surface area is 207 Å². The Bertz CT molecular complexity index is 945.